The third kappa shape index (κ3) is 3.15. The normalized spacial score (nSPS) is 20.4. The van der Waals surface area contributed by atoms with Gasteiger partial charge in [-0.15, -0.1) is 0 Å². The number of rotatable bonds is 5. The highest BCUT2D eigenvalue weighted by atomic mass is 16.5. The van der Waals surface area contributed by atoms with Gasteiger partial charge in [0.05, 0.1) is 11.6 Å². The molecule has 3 rings (SSSR count). The van der Waals surface area contributed by atoms with Crippen molar-refractivity contribution in [1.29, 1.82) is 0 Å². The van der Waals surface area contributed by atoms with Gasteiger partial charge in [0, 0.05) is 30.1 Å². The highest BCUT2D eigenvalue weighted by Crippen LogP contribution is 2.19. The van der Waals surface area contributed by atoms with Gasteiger partial charge in [-0.3, -0.25) is 16.3 Å². The van der Waals surface area contributed by atoms with Crippen LogP contribution in [0.15, 0.2) is 36.4 Å². The fourth-order valence-electron chi connectivity index (χ4n) is 2.83. The molecular weight excluding hydrogens is 250 g/mol. The number of fused-ring (bicyclic) bond motifs is 1. The Morgan fingerprint density at radius 3 is 3.00 bits per heavy atom. The van der Waals surface area contributed by atoms with Crippen molar-refractivity contribution in [2.45, 2.75) is 37.8 Å². The lowest BCUT2D eigenvalue weighted by Crippen LogP contribution is -2.39. The van der Waals surface area contributed by atoms with Crippen LogP contribution in [0.5, 0.6) is 0 Å². The monoisotopic (exact) mass is 271 g/mol. The first kappa shape index (κ1) is 13.5. The second kappa shape index (κ2) is 6.31. The Balaban J connectivity index is 1.69. The molecule has 106 valence electrons. The molecule has 1 aliphatic rings. The Morgan fingerprint density at radius 2 is 2.20 bits per heavy atom. The van der Waals surface area contributed by atoms with Crippen LogP contribution in [-0.2, 0) is 11.2 Å². The summed E-state index contributed by atoms with van der Waals surface area (Å²) in [7, 11) is 0. The third-order valence-corrected chi connectivity index (χ3v) is 3.92. The number of aromatic nitrogens is 1. The Morgan fingerprint density at radius 1 is 1.30 bits per heavy atom. The van der Waals surface area contributed by atoms with Gasteiger partial charge >= 0.3 is 0 Å². The summed E-state index contributed by atoms with van der Waals surface area (Å²) in [5, 5.41) is 1.17. The van der Waals surface area contributed by atoms with Crippen LogP contribution in [0.1, 0.15) is 25.0 Å². The molecule has 0 aliphatic carbocycles. The predicted octanol–water partition coefficient (Wildman–Crippen LogP) is 2.18. The molecule has 4 heteroatoms. The molecule has 0 radical (unpaired) electrons. The molecule has 1 aromatic carbocycles. The van der Waals surface area contributed by atoms with Gasteiger partial charge in [0.2, 0.25) is 0 Å². The molecule has 4 nitrogen and oxygen atoms in total. The molecule has 1 aromatic heterocycles. The van der Waals surface area contributed by atoms with E-state index in [-0.39, 0.29) is 6.04 Å². The van der Waals surface area contributed by atoms with Crippen molar-refractivity contribution in [2.24, 2.45) is 5.84 Å². The van der Waals surface area contributed by atoms with Gasteiger partial charge in [0.1, 0.15) is 0 Å². The summed E-state index contributed by atoms with van der Waals surface area (Å²) in [5.41, 5.74) is 5.02. The van der Waals surface area contributed by atoms with Gasteiger partial charge in [0.15, 0.2) is 0 Å². The minimum Gasteiger partial charge on any atom is -0.378 e. The second-order valence-electron chi connectivity index (χ2n) is 5.43. The van der Waals surface area contributed by atoms with Crippen molar-refractivity contribution < 1.29 is 4.74 Å². The summed E-state index contributed by atoms with van der Waals surface area (Å²) in [6.07, 6.45) is 4.43. The number of hydrazine groups is 1. The number of nitrogens with one attached hydrogen (secondary N) is 1. The molecule has 0 saturated carbocycles. The van der Waals surface area contributed by atoms with Crippen molar-refractivity contribution in [3.05, 3.63) is 42.1 Å². The standard InChI is InChI=1S/C16H21N3O/c17-19-14(11-15-5-3-9-20-15)10-13-8-7-12-4-1-2-6-16(12)18-13/h1-2,4,6-8,14-15,19H,3,5,9-11,17H2. The van der Waals surface area contributed by atoms with Gasteiger partial charge in [-0.05, 0) is 31.4 Å². The molecule has 1 aliphatic heterocycles. The number of hydrogen-bond acceptors (Lipinski definition) is 4. The lowest BCUT2D eigenvalue weighted by molar-refractivity contribution is 0.0945. The Labute approximate surface area is 119 Å². The van der Waals surface area contributed by atoms with Crippen LogP contribution >= 0.6 is 0 Å². The summed E-state index contributed by atoms with van der Waals surface area (Å²) in [5.74, 6) is 5.68. The van der Waals surface area contributed by atoms with E-state index in [0.717, 1.165) is 43.5 Å². The molecule has 3 N–H and O–H groups in total. The average molecular weight is 271 g/mol. The number of nitrogens with two attached hydrogens (primary N) is 1. The molecule has 1 saturated heterocycles. The van der Waals surface area contributed by atoms with Crippen LogP contribution < -0.4 is 11.3 Å². The van der Waals surface area contributed by atoms with Crippen LogP contribution in [0.4, 0.5) is 0 Å². The Bertz CT molecular complexity index is 566. The predicted molar refractivity (Wildman–Crippen MR) is 80.1 cm³/mol. The van der Waals surface area contributed by atoms with E-state index in [1.165, 1.54) is 5.39 Å². The van der Waals surface area contributed by atoms with Crippen LogP contribution in [0.3, 0.4) is 0 Å². The number of para-hydroxylation sites is 1. The molecule has 2 heterocycles. The van der Waals surface area contributed by atoms with Crippen LogP contribution in [0.25, 0.3) is 10.9 Å². The Kier molecular flexibility index (Phi) is 4.25. The maximum atomic E-state index is 5.68. The number of ether oxygens (including phenoxy) is 1. The summed E-state index contributed by atoms with van der Waals surface area (Å²) in [6.45, 7) is 0.885. The quantitative estimate of drug-likeness (QED) is 0.646. The van der Waals surface area contributed by atoms with E-state index >= 15 is 0 Å². The number of hydrogen-bond donors (Lipinski definition) is 2. The van der Waals surface area contributed by atoms with Gasteiger partial charge in [-0.25, -0.2) is 0 Å². The summed E-state index contributed by atoms with van der Waals surface area (Å²) >= 11 is 0. The summed E-state index contributed by atoms with van der Waals surface area (Å²) < 4.78 is 5.68. The smallest absolute Gasteiger partial charge is 0.0705 e. The van der Waals surface area contributed by atoms with Crippen LogP contribution in [0.2, 0.25) is 0 Å². The first-order chi connectivity index (χ1) is 9.85. The highest BCUT2D eigenvalue weighted by molar-refractivity contribution is 5.78. The molecule has 2 unspecified atom stereocenters. The fourth-order valence-corrected chi connectivity index (χ4v) is 2.83. The third-order valence-electron chi connectivity index (χ3n) is 3.92. The van der Waals surface area contributed by atoms with Crippen LogP contribution in [-0.4, -0.2) is 23.7 Å². The van der Waals surface area contributed by atoms with Crippen molar-refractivity contribution in [3.63, 3.8) is 0 Å². The zero-order chi connectivity index (χ0) is 13.8. The van der Waals surface area contributed by atoms with Crippen molar-refractivity contribution in [1.82, 2.24) is 10.4 Å². The fraction of sp³-hybridized carbons (Fsp3) is 0.438. The molecule has 0 bridgehead atoms. The zero-order valence-electron chi connectivity index (χ0n) is 11.6. The van der Waals surface area contributed by atoms with E-state index in [1.54, 1.807) is 0 Å². The van der Waals surface area contributed by atoms with Gasteiger partial charge in [-0.1, -0.05) is 24.3 Å². The van der Waals surface area contributed by atoms with E-state index in [9.17, 15) is 0 Å². The van der Waals surface area contributed by atoms with Crippen molar-refractivity contribution in [2.75, 3.05) is 6.61 Å². The van der Waals surface area contributed by atoms with Crippen LogP contribution in [0, 0.1) is 0 Å². The second-order valence-corrected chi connectivity index (χ2v) is 5.43. The van der Waals surface area contributed by atoms with Gasteiger partial charge in [0.25, 0.3) is 0 Å². The molecular formula is C16H21N3O. The van der Waals surface area contributed by atoms with E-state index in [1.807, 2.05) is 18.2 Å². The highest BCUT2D eigenvalue weighted by Gasteiger charge is 2.20. The average Bonchev–Trinajstić information content (AvgIpc) is 2.99. The summed E-state index contributed by atoms with van der Waals surface area (Å²) in [4.78, 5) is 4.70. The van der Waals surface area contributed by atoms with Gasteiger partial charge < -0.3 is 4.74 Å². The van der Waals surface area contributed by atoms with E-state index in [0.29, 0.717) is 6.10 Å². The van der Waals surface area contributed by atoms with Crippen molar-refractivity contribution >= 4 is 10.9 Å². The molecule has 2 atom stereocenters. The summed E-state index contributed by atoms with van der Waals surface area (Å²) in [6, 6.07) is 12.6. The lowest BCUT2D eigenvalue weighted by atomic mass is 10.0. The SMILES string of the molecule is NNC(Cc1ccc2ccccc2n1)CC1CCCO1. The first-order valence-electron chi connectivity index (χ1n) is 7.27. The largest absolute Gasteiger partial charge is 0.378 e. The minimum absolute atomic E-state index is 0.215. The van der Waals surface area contributed by atoms with Gasteiger partial charge in [-0.2, -0.15) is 0 Å². The van der Waals surface area contributed by atoms with E-state index in [2.05, 4.69) is 23.6 Å². The minimum atomic E-state index is 0.215. The van der Waals surface area contributed by atoms with E-state index < -0.39 is 0 Å². The number of benzene rings is 1. The molecule has 0 amide bonds. The zero-order valence-corrected chi connectivity index (χ0v) is 11.6. The van der Waals surface area contributed by atoms with Crippen molar-refractivity contribution in [3.8, 4) is 0 Å². The molecule has 1 fully saturated rings. The number of pyridine rings is 1. The first-order valence-corrected chi connectivity index (χ1v) is 7.27. The molecule has 0 spiro atoms. The molecule has 20 heavy (non-hydrogen) atoms. The lowest BCUT2D eigenvalue weighted by Gasteiger charge is -2.19. The maximum Gasteiger partial charge on any atom is 0.0705 e. The topological polar surface area (TPSA) is 60.2 Å². The Hall–Kier alpha value is -1.49. The molecule has 2 aromatic rings. The maximum absolute atomic E-state index is 5.68. The number of nitrogens with zero attached hydrogens (tertiary/aromatic N) is 1. The van der Waals surface area contributed by atoms with E-state index in [4.69, 9.17) is 15.6 Å².